The standard InChI is InChI=1S/C20H25N5O/c1-3-24(17-10-5-4-6-11-17)15-9-12-21-19(26)18-16-22-23(2)20(18)25-13-7-8-14-25/h4-8,10-11,13-14,16H,3,9,12,15H2,1-2H3,(H,21,26). The number of nitrogens with zero attached hydrogens (tertiary/aromatic N) is 4. The van der Waals surface area contributed by atoms with Crippen molar-refractivity contribution >= 4 is 11.6 Å². The van der Waals surface area contributed by atoms with Crippen molar-refractivity contribution in [2.24, 2.45) is 7.05 Å². The lowest BCUT2D eigenvalue weighted by Gasteiger charge is -2.23. The van der Waals surface area contributed by atoms with E-state index in [9.17, 15) is 4.79 Å². The summed E-state index contributed by atoms with van der Waals surface area (Å²) in [6.07, 6.45) is 6.32. The number of anilines is 1. The predicted octanol–water partition coefficient (Wildman–Crippen LogP) is 2.86. The van der Waals surface area contributed by atoms with Gasteiger partial charge in [0.05, 0.1) is 6.20 Å². The first-order valence-corrected chi connectivity index (χ1v) is 8.94. The van der Waals surface area contributed by atoms with E-state index in [1.165, 1.54) is 5.69 Å². The Labute approximate surface area is 154 Å². The number of hydrogen-bond acceptors (Lipinski definition) is 3. The molecule has 136 valence electrons. The van der Waals surface area contributed by atoms with Gasteiger partial charge in [0.1, 0.15) is 11.4 Å². The molecular formula is C20H25N5O. The minimum atomic E-state index is -0.0930. The number of aromatic nitrogens is 3. The molecule has 26 heavy (non-hydrogen) atoms. The van der Waals surface area contributed by atoms with E-state index in [-0.39, 0.29) is 5.91 Å². The summed E-state index contributed by atoms with van der Waals surface area (Å²) in [4.78, 5) is 14.9. The summed E-state index contributed by atoms with van der Waals surface area (Å²) in [5, 5.41) is 7.24. The van der Waals surface area contributed by atoms with Crippen molar-refractivity contribution in [3.05, 3.63) is 66.6 Å². The zero-order valence-electron chi connectivity index (χ0n) is 15.3. The molecule has 0 aliphatic heterocycles. The minimum Gasteiger partial charge on any atom is -0.372 e. The van der Waals surface area contributed by atoms with Gasteiger partial charge in [0, 0.05) is 44.8 Å². The number of amides is 1. The fourth-order valence-corrected chi connectivity index (χ4v) is 3.05. The summed E-state index contributed by atoms with van der Waals surface area (Å²) >= 11 is 0. The number of benzene rings is 1. The van der Waals surface area contributed by atoms with Crippen LogP contribution in [0.4, 0.5) is 5.69 Å². The molecule has 3 rings (SSSR count). The van der Waals surface area contributed by atoms with Crippen molar-refractivity contribution in [2.75, 3.05) is 24.5 Å². The molecule has 0 saturated heterocycles. The van der Waals surface area contributed by atoms with Crippen molar-refractivity contribution < 1.29 is 4.79 Å². The van der Waals surface area contributed by atoms with Crippen LogP contribution in [0.25, 0.3) is 5.82 Å². The third kappa shape index (κ3) is 3.96. The summed E-state index contributed by atoms with van der Waals surface area (Å²) in [5.74, 6) is 0.677. The van der Waals surface area contributed by atoms with Gasteiger partial charge in [-0.15, -0.1) is 0 Å². The molecule has 2 aromatic heterocycles. The van der Waals surface area contributed by atoms with Crippen LogP contribution in [-0.2, 0) is 7.05 Å². The van der Waals surface area contributed by atoms with E-state index >= 15 is 0 Å². The van der Waals surface area contributed by atoms with E-state index in [4.69, 9.17) is 0 Å². The molecule has 6 nitrogen and oxygen atoms in total. The predicted molar refractivity (Wildman–Crippen MR) is 104 cm³/mol. The Balaban J connectivity index is 1.55. The van der Waals surface area contributed by atoms with Crippen molar-refractivity contribution in [2.45, 2.75) is 13.3 Å². The highest BCUT2D eigenvalue weighted by molar-refractivity contribution is 5.97. The van der Waals surface area contributed by atoms with Gasteiger partial charge in [0.15, 0.2) is 0 Å². The third-order valence-corrected chi connectivity index (χ3v) is 4.39. The molecule has 2 heterocycles. The maximum absolute atomic E-state index is 12.6. The van der Waals surface area contributed by atoms with Crippen molar-refractivity contribution in [1.82, 2.24) is 19.7 Å². The molecule has 0 spiro atoms. The van der Waals surface area contributed by atoms with Crippen LogP contribution in [0, 0.1) is 0 Å². The molecule has 1 N–H and O–H groups in total. The molecule has 0 saturated carbocycles. The largest absolute Gasteiger partial charge is 0.372 e. The molecule has 0 radical (unpaired) electrons. The molecule has 0 bridgehead atoms. The van der Waals surface area contributed by atoms with Gasteiger partial charge in [-0.1, -0.05) is 18.2 Å². The Morgan fingerprint density at radius 1 is 1.15 bits per heavy atom. The van der Waals surface area contributed by atoms with Gasteiger partial charge >= 0.3 is 0 Å². The Bertz CT molecular complexity index is 823. The van der Waals surface area contributed by atoms with Crippen LogP contribution < -0.4 is 10.2 Å². The number of nitrogens with one attached hydrogen (secondary N) is 1. The number of hydrogen-bond donors (Lipinski definition) is 1. The average molecular weight is 351 g/mol. The van der Waals surface area contributed by atoms with Crippen LogP contribution >= 0.6 is 0 Å². The van der Waals surface area contributed by atoms with E-state index < -0.39 is 0 Å². The number of carbonyl (C=O) groups excluding carboxylic acids is 1. The topological polar surface area (TPSA) is 55.1 Å². The van der Waals surface area contributed by atoms with E-state index in [1.54, 1.807) is 10.9 Å². The fraction of sp³-hybridized carbons (Fsp3) is 0.300. The molecule has 6 heteroatoms. The van der Waals surface area contributed by atoms with Crippen LogP contribution in [0.3, 0.4) is 0 Å². The molecule has 3 aromatic rings. The van der Waals surface area contributed by atoms with Crippen LogP contribution in [0.1, 0.15) is 23.7 Å². The first-order valence-electron chi connectivity index (χ1n) is 8.94. The van der Waals surface area contributed by atoms with E-state index in [0.717, 1.165) is 25.3 Å². The maximum Gasteiger partial charge on any atom is 0.256 e. The lowest BCUT2D eigenvalue weighted by molar-refractivity contribution is 0.0953. The third-order valence-electron chi connectivity index (χ3n) is 4.39. The van der Waals surface area contributed by atoms with Crippen LogP contribution in [0.5, 0.6) is 0 Å². The van der Waals surface area contributed by atoms with Gasteiger partial charge in [-0.3, -0.25) is 9.48 Å². The Morgan fingerprint density at radius 2 is 1.88 bits per heavy atom. The summed E-state index contributed by atoms with van der Waals surface area (Å²) in [7, 11) is 1.84. The number of aryl methyl sites for hydroxylation is 1. The quantitative estimate of drug-likeness (QED) is 0.635. The van der Waals surface area contributed by atoms with Gasteiger partial charge < -0.3 is 14.8 Å². The summed E-state index contributed by atoms with van der Waals surface area (Å²) in [6.45, 7) is 4.61. The molecular weight excluding hydrogens is 326 g/mol. The molecule has 0 atom stereocenters. The van der Waals surface area contributed by atoms with Crippen molar-refractivity contribution in [1.29, 1.82) is 0 Å². The van der Waals surface area contributed by atoms with Gasteiger partial charge in [-0.2, -0.15) is 5.10 Å². The molecule has 0 aliphatic carbocycles. The van der Waals surface area contributed by atoms with Gasteiger partial charge in [-0.25, -0.2) is 0 Å². The monoisotopic (exact) mass is 351 g/mol. The lowest BCUT2D eigenvalue weighted by atomic mass is 10.2. The number of rotatable bonds is 8. The van der Waals surface area contributed by atoms with Crippen LogP contribution in [-0.4, -0.2) is 39.9 Å². The van der Waals surface area contributed by atoms with E-state index in [1.807, 2.05) is 54.3 Å². The normalized spacial score (nSPS) is 10.7. The number of carbonyl (C=O) groups is 1. The van der Waals surface area contributed by atoms with Crippen molar-refractivity contribution in [3.63, 3.8) is 0 Å². The highest BCUT2D eigenvalue weighted by atomic mass is 16.1. The van der Waals surface area contributed by atoms with Crippen molar-refractivity contribution in [3.8, 4) is 5.82 Å². The molecule has 0 fully saturated rings. The molecule has 0 unspecified atom stereocenters. The van der Waals surface area contributed by atoms with E-state index in [0.29, 0.717) is 12.1 Å². The molecule has 1 amide bonds. The SMILES string of the molecule is CCN(CCCNC(=O)c1cnn(C)c1-n1cccc1)c1ccccc1. The Hall–Kier alpha value is -3.02. The zero-order valence-corrected chi connectivity index (χ0v) is 15.3. The second-order valence-electron chi connectivity index (χ2n) is 6.12. The van der Waals surface area contributed by atoms with Crippen LogP contribution in [0.15, 0.2) is 61.1 Å². The average Bonchev–Trinajstić information content (AvgIpc) is 3.31. The summed E-state index contributed by atoms with van der Waals surface area (Å²) in [5.41, 5.74) is 1.79. The first-order chi connectivity index (χ1) is 12.7. The summed E-state index contributed by atoms with van der Waals surface area (Å²) in [6, 6.07) is 14.2. The highest BCUT2D eigenvalue weighted by Crippen LogP contribution is 2.14. The van der Waals surface area contributed by atoms with Gasteiger partial charge in [-0.05, 0) is 37.6 Å². The smallest absolute Gasteiger partial charge is 0.256 e. The Kier molecular flexibility index (Phi) is 5.73. The van der Waals surface area contributed by atoms with Crippen LogP contribution in [0.2, 0.25) is 0 Å². The molecule has 0 aliphatic rings. The second-order valence-corrected chi connectivity index (χ2v) is 6.12. The minimum absolute atomic E-state index is 0.0930. The zero-order chi connectivity index (χ0) is 18.4. The maximum atomic E-state index is 12.6. The van der Waals surface area contributed by atoms with E-state index in [2.05, 4.69) is 34.4 Å². The van der Waals surface area contributed by atoms with Gasteiger partial charge in [0.2, 0.25) is 0 Å². The molecule has 1 aromatic carbocycles. The van der Waals surface area contributed by atoms with Gasteiger partial charge in [0.25, 0.3) is 5.91 Å². The summed E-state index contributed by atoms with van der Waals surface area (Å²) < 4.78 is 3.61. The first kappa shape index (κ1) is 17.8. The second kappa shape index (κ2) is 8.38. The number of para-hydroxylation sites is 1. The fourth-order valence-electron chi connectivity index (χ4n) is 3.05. The highest BCUT2D eigenvalue weighted by Gasteiger charge is 2.16. The lowest BCUT2D eigenvalue weighted by Crippen LogP contribution is -2.30. The Morgan fingerprint density at radius 3 is 2.58 bits per heavy atom.